The summed E-state index contributed by atoms with van der Waals surface area (Å²) in [5.74, 6) is 1.10. The summed E-state index contributed by atoms with van der Waals surface area (Å²) in [5, 5.41) is 11.4. The topological polar surface area (TPSA) is 27.6 Å². The van der Waals surface area contributed by atoms with Crippen LogP contribution in [-0.2, 0) is 0 Å². The molecule has 1 heterocycles. The highest BCUT2D eigenvalue weighted by Crippen LogP contribution is 2.44. The minimum Gasteiger partial charge on any atom is -0.358 e. The molecule has 116 valence electrons. The van der Waals surface area contributed by atoms with E-state index in [-0.39, 0.29) is 6.04 Å². The zero-order valence-corrected chi connectivity index (χ0v) is 13.9. The Balaban J connectivity index is 1.67. The number of nitrogens with zero attached hydrogens (tertiary/aromatic N) is 2. The van der Waals surface area contributed by atoms with Gasteiger partial charge in [-0.2, -0.15) is 5.10 Å². The van der Waals surface area contributed by atoms with Crippen molar-refractivity contribution in [3.8, 4) is 0 Å². The highest BCUT2D eigenvalue weighted by atomic mass is 32.1. The number of fused-ring (bicyclic) bond motifs is 1. The number of benzene rings is 1. The van der Waals surface area contributed by atoms with Crippen LogP contribution in [-0.4, -0.2) is 21.9 Å². The van der Waals surface area contributed by atoms with Crippen molar-refractivity contribution in [3.05, 3.63) is 35.9 Å². The lowest BCUT2D eigenvalue weighted by atomic mass is 9.76. The van der Waals surface area contributed by atoms with Crippen LogP contribution in [0.3, 0.4) is 0 Å². The van der Waals surface area contributed by atoms with Crippen LogP contribution in [0.1, 0.15) is 50.6 Å². The second kappa shape index (κ2) is 5.65. The van der Waals surface area contributed by atoms with E-state index in [0.29, 0.717) is 17.9 Å². The standard InChI is InChI=1S/C18H23N3S/c1-12-6-5-9-15-16(12)20-21(18(22)19-14-10-11-14)17(15)13-7-3-2-4-8-13/h2-4,7-8,12,14-15,17H,5-6,9-11H2,1H3,(H,19,22)/t12?,15-,17+/m1/s1. The molecule has 3 atom stereocenters. The maximum Gasteiger partial charge on any atom is 0.190 e. The van der Waals surface area contributed by atoms with E-state index in [1.807, 2.05) is 0 Å². The van der Waals surface area contributed by atoms with Gasteiger partial charge in [-0.25, -0.2) is 5.01 Å². The van der Waals surface area contributed by atoms with Gasteiger partial charge < -0.3 is 5.32 Å². The van der Waals surface area contributed by atoms with Gasteiger partial charge in [0, 0.05) is 17.7 Å². The van der Waals surface area contributed by atoms with Crippen molar-refractivity contribution < 1.29 is 0 Å². The summed E-state index contributed by atoms with van der Waals surface area (Å²) in [7, 11) is 0. The van der Waals surface area contributed by atoms with Crippen molar-refractivity contribution in [2.45, 2.75) is 51.1 Å². The number of nitrogens with one attached hydrogen (secondary N) is 1. The van der Waals surface area contributed by atoms with Gasteiger partial charge in [0.2, 0.25) is 0 Å². The zero-order valence-electron chi connectivity index (χ0n) is 13.0. The van der Waals surface area contributed by atoms with Gasteiger partial charge in [-0.15, -0.1) is 0 Å². The van der Waals surface area contributed by atoms with Crippen LogP contribution >= 0.6 is 12.2 Å². The summed E-state index contributed by atoms with van der Waals surface area (Å²) >= 11 is 5.68. The SMILES string of the molecule is CC1CCC[C@@H]2C1=NN(C(=S)NC1CC1)[C@H]2c1ccccc1. The maximum absolute atomic E-state index is 5.68. The van der Waals surface area contributed by atoms with Crippen LogP contribution in [0.15, 0.2) is 35.4 Å². The molecule has 0 bridgehead atoms. The predicted molar refractivity (Wildman–Crippen MR) is 93.7 cm³/mol. The molecular formula is C18H23N3S. The highest BCUT2D eigenvalue weighted by molar-refractivity contribution is 7.80. The van der Waals surface area contributed by atoms with Crippen molar-refractivity contribution in [2.75, 3.05) is 0 Å². The van der Waals surface area contributed by atoms with E-state index in [1.54, 1.807) is 0 Å². The van der Waals surface area contributed by atoms with E-state index in [0.717, 1.165) is 5.11 Å². The Labute approximate surface area is 137 Å². The van der Waals surface area contributed by atoms with Crippen LogP contribution in [0, 0.1) is 11.8 Å². The monoisotopic (exact) mass is 313 g/mol. The van der Waals surface area contributed by atoms with Gasteiger partial charge in [-0.3, -0.25) is 0 Å². The molecule has 2 saturated carbocycles. The van der Waals surface area contributed by atoms with Gasteiger partial charge >= 0.3 is 0 Å². The first kappa shape index (κ1) is 14.2. The quantitative estimate of drug-likeness (QED) is 0.840. The molecule has 1 aliphatic heterocycles. The fourth-order valence-electron chi connectivity index (χ4n) is 3.82. The number of hydrazone groups is 1. The number of thiocarbonyl (C=S) groups is 1. The second-order valence-electron chi connectivity index (χ2n) is 6.89. The van der Waals surface area contributed by atoms with Crippen molar-refractivity contribution in [2.24, 2.45) is 16.9 Å². The lowest BCUT2D eigenvalue weighted by molar-refractivity contribution is 0.292. The number of rotatable bonds is 2. The summed E-state index contributed by atoms with van der Waals surface area (Å²) in [6.07, 6.45) is 6.25. The van der Waals surface area contributed by atoms with Gasteiger partial charge in [-0.1, -0.05) is 43.7 Å². The minimum absolute atomic E-state index is 0.276. The third-order valence-corrected chi connectivity index (χ3v) is 5.46. The first-order valence-corrected chi connectivity index (χ1v) is 8.88. The van der Waals surface area contributed by atoms with E-state index in [1.165, 1.54) is 43.4 Å². The molecule has 0 spiro atoms. The van der Waals surface area contributed by atoms with E-state index in [2.05, 4.69) is 47.6 Å². The molecule has 1 N–H and O–H groups in total. The molecule has 0 radical (unpaired) electrons. The molecule has 1 unspecified atom stereocenters. The first-order valence-electron chi connectivity index (χ1n) is 8.47. The summed E-state index contributed by atoms with van der Waals surface area (Å²) in [6.45, 7) is 2.31. The molecule has 1 aromatic rings. The zero-order chi connectivity index (χ0) is 15.1. The molecule has 1 aromatic carbocycles. The molecule has 0 saturated heterocycles. The maximum atomic E-state index is 5.68. The number of hydrogen-bond donors (Lipinski definition) is 1. The highest BCUT2D eigenvalue weighted by Gasteiger charge is 2.43. The van der Waals surface area contributed by atoms with Gasteiger partial charge in [0.15, 0.2) is 5.11 Å². The van der Waals surface area contributed by atoms with Crippen molar-refractivity contribution >= 4 is 23.0 Å². The normalized spacial score (nSPS) is 30.7. The summed E-state index contributed by atoms with van der Waals surface area (Å²) < 4.78 is 0. The van der Waals surface area contributed by atoms with Crippen molar-refractivity contribution in [1.82, 2.24) is 10.3 Å². The third-order valence-electron chi connectivity index (χ3n) is 5.16. The summed E-state index contributed by atoms with van der Waals surface area (Å²) in [6, 6.07) is 11.6. The van der Waals surface area contributed by atoms with E-state index < -0.39 is 0 Å². The van der Waals surface area contributed by atoms with Gasteiger partial charge in [-0.05, 0) is 49.4 Å². The van der Waals surface area contributed by atoms with Crippen molar-refractivity contribution in [1.29, 1.82) is 0 Å². The van der Waals surface area contributed by atoms with E-state index in [4.69, 9.17) is 17.3 Å². The Kier molecular flexibility index (Phi) is 3.65. The molecule has 2 aliphatic carbocycles. The lowest BCUT2D eigenvalue weighted by Gasteiger charge is -2.31. The Morgan fingerprint density at radius 1 is 1.18 bits per heavy atom. The summed E-state index contributed by atoms with van der Waals surface area (Å²) in [5.41, 5.74) is 2.69. The first-order chi connectivity index (χ1) is 10.7. The molecule has 3 nitrogen and oxygen atoms in total. The average molecular weight is 313 g/mol. The Hall–Kier alpha value is -1.42. The largest absolute Gasteiger partial charge is 0.358 e. The fraction of sp³-hybridized carbons (Fsp3) is 0.556. The van der Waals surface area contributed by atoms with Crippen LogP contribution in [0.25, 0.3) is 0 Å². The molecule has 3 aliphatic rings. The Morgan fingerprint density at radius 3 is 2.68 bits per heavy atom. The molecule has 2 fully saturated rings. The second-order valence-corrected chi connectivity index (χ2v) is 7.27. The summed E-state index contributed by atoms with van der Waals surface area (Å²) in [4.78, 5) is 0. The molecular weight excluding hydrogens is 290 g/mol. The van der Waals surface area contributed by atoms with Gasteiger partial charge in [0.05, 0.1) is 6.04 Å². The van der Waals surface area contributed by atoms with E-state index >= 15 is 0 Å². The van der Waals surface area contributed by atoms with Crippen LogP contribution in [0.5, 0.6) is 0 Å². The fourth-order valence-corrected chi connectivity index (χ4v) is 4.14. The van der Waals surface area contributed by atoms with Gasteiger partial charge in [0.1, 0.15) is 0 Å². The van der Waals surface area contributed by atoms with Crippen LogP contribution in [0.2, 0.25) is 0 Å². The predicted octanol–water partition coefficient (Wildman–Crippen LogP) is 3.87. The molecule has 0 aromatic heterocycles. The van der Waals surface area contributed by atoms with Crippen LogP contribution < -0.4 is 5.32 Å². The van der Waals surface area contributed by atoms with Crippen LogP contribution in [0.4, 0.5) is 0 Å². The molecule has 22 heavy (non-hydrogen) atoms. The van der Waals surface area contributed by atoms with E-state index in [9.17, 15) is 0 Å². The lowest BCUT2D eigenvalue weighted by Crippen LogP contribution is -2.39. The molecule has 4 heteroatoms. The molecule has 0 amide bonds. The average Bonchev–Trinajstić information content (AvgIpc) is 3.25. The van der Waals surface area contributed by atoms with Crippen molar-refractivity contribution in [3.63, 3.8) is 0 Å². The molecule has 4 rings (SSSR count). The Bertz CT molecular complexity index is 594. The van der Waals surface area contributed by atoms with Gasteiger partial charge in [0.25, 0.3) is 0 Å². The number of hydrogen-bond acceptors (Lipinski definition) is 2. The smallest absolute Gasteiger partial charge is 0.190 e. The third kappa shape index (κ3) is 2.54. The Morgan fingerprint density at radius 2 is 1.95 bits per heavy atom. The minimum atomic E-state index is 0.276.